The number of nitrogens with one attached hydrogen (secondary N) is 1. The Bertz CT molecular complexity index is 1080. The molecule has 7 nitrogen and oxygen atoms in total. The fraction of sp³-hybridized carbons (Fsp3) is 0.417. The first-order chi connectivity index (χ1) is 15.3. The quantitative estimate of drug-likeness (QED) is 0.724. The molecule has 1 atom stereocenters. The summed E-state index contributed by atoms with van der Waals surface area (Å²) in [7, 11) is -3.61. The van der Waals surface area contributed by atoms with Gasteiger partial charge in [-0.2, -0.15) is 0 Å². The van der Waals surface area contributed by atoms with E-state index < -0.39 is 15.9 Å². The maximum atomic E-state index is 12.8. The lowest BCUT2D eigenvalue weighted by Gasteiger charge is -2.35. The van der Waals surface area contributed by atoms with Gasteiger partial charge in [-0.3, -0.25) is 14.5 Å². The number of aryl methyl sites for hydroxylation is 1. The van der Waals surface area contributed by atoms with Crippen molar-refractivity contribution in [1.29, 1.82) is 0 Å². The lowest BCUT2D eigenvalue weighted by atomic mass is 10.0. The highest BCUT2D eigenvalue weighted by Gasteiger charge is 2.36. The van der Waals surface area contributed by atoms with Crippen molar-refractivity contribution < 1.29 is 18.0 Å². The van der Waals surface area contributed by atoms with Crippen LogP contribution in [0.25, 0.3) is 0 Å². The van der Waals surface area contributed by atoms with Gasteiger partial charge in [0, 0.05) is 18.5 Å². The van der Waals surface area contributed by atoms with Crippen molar-refractivity contribution in [2.24, 2.45) is 0 Å². The predicted molar refractivity (Wildman–Crippen MR) is 124 cm³/mol. The van der Waals surface area contributed by atoms with Crippen molar-refractivity contribution in [2.45, 2.75) is 38.6 Å². The number of nitrogens with zero attached hydrogens (tertiary/aromatic N) is 2. The zero-order valence-corrected chi connectivity index (χ0v) is 19.1. The third-order valence-corrected chi connectivity index (χ3v) is 7.88. The standard InChI is InChI=1S/C24H29N3O4S/c1-18-5-7-19(8-6-18)22(26-14-3-2-4-15-26)17-25-24(29)20-9-11-21(12-10-20)27-23(28)13-16-32(27,30)31/h5-12,22H,2-4,13-17H2,1H3,(H,25,29). The minimum absolute atomic E-state index is 0.0124. The summed E-state index contributed by atoms with van der Waals surface area (Å²) in [5.41, 5.74) is 3.09. The second-order valence-corrected chi connectivity index (χ2v) is 10.4. The molecule has 0 spiro atoms. The van der Waals surface area contributed by atoms with Crippen molar-refractivity contribution in [2.75, 3.05) is 29.7 Å². The summed E-state index contributed by atoms with van der Waals surface area (Å²) in [5, 5.41) is 3.04. The van der Waals surface area contributed by atoms with Gasteiger partial charge in [0.05, 0.1) is 17.5 Å². The molecule has 2 aromatic carbocycles. The van der Waals surface area contributed by atoms with E-state index >= 15 is 0 Å². The van der Waals surface area contributed by atoms with E-state index in [1.165, 1.54) is 29.7 Å². The number of likely N-dealkylation sites (tertiary alicyclic amines) is 1. The van der Waals surface area contributed by atoms with Gasteiger partial charge < -0.3 is 5.32 Å². The molecule has 2 aliphatic heterocycles. The molecule has 2 fully saturated rings. The Balaban J connectivity index is 1.46. The Kier molecular flexibility index (Phi) is 6.62. The number of sulfonamides is 1. The van der Waals surface area contributed by atoms with Crippen LogP contribution in [0.5, 0.6) is 0 Å². The third kappa shape index (κ3) is 4.86. The molecule has 2 aromatic rings. The van der Waals surface area contributed by atoms with E-state index in [1.54, 1.807) is 12.1 Å². The van der Waals surface area contributed by atoms with Crippen LogP contribution in [0.3, 0.4) is 0 Å². The maximum absolute atomic E-state index is 12.8. The average molecular weight is 456 g/mol. The van der Waals surface area contributed by atoms with E-state index in [-0.39, 0.29) is 29.8 Å². The van der Waals surface area contributed by atoms with E-state index in [1.807, 2.05) is 0 Å². The number of carbonyl (C=O) groups is 2. The summed E-state index contributed by atoms with van der Waals surface area (Å²) < 4.78 is 25.0. The van der Waals surface area contributed by atoms with Gasteiger partial charge in [-0.25, -0.2) is 12.7 Å². The second kappa shape index (κ2) is 9.42. The average Bonchev–Trinajstić information content (AvgIpc) is 3.08. The highest BCUT2D eigenvalue weighted by atomic mass is 32.2. The molecule has 4 rings (SSSR count). The predicted octanol–water partition coefficient (Wildman–Crippen LogP) is 3.02. The molecule has 0 bridgehead atoms. The van der Waals surface area contributed by atoms with E-state index in [0.29, 0.717) is 12.1 Å². The molecule has 0 saturated carbocycles. The SMILES string of the molecule is Cc1ccc(C(CNC(=O)c2ccc(N3C(=O)CCS3(=O)=O)cc2)N2CCCCC2)cc1. The third-order valence-electron chi connectivity index (χ3n) is 6.19. The van der Waals surface area contributed by atoms with Crippen molar-refractivity contribution >= 4 is 27.5 Å². The van der Waals surface area contributed by atoms with Crippen LogP contribution < -0.4 is 9.62 Å². The molecule has 0 radical (unpaired) electrons. The van der Waals surface area contributed by atoms with Crippen molar-refractivity contribution in [3.63, 3.8) is 0 Å². The van der Waals surface area contributed by atoms with E-state index in [2.05, 4.69) is 41.4 Å². The maximum Gasteiger partial charge on any atom is 0.251 e. The Morgan fingerprint density at radius 2 is 1.66 bits per heavy atom. The van der Waals surface area contributed by atoms with Gasteiger partial charge in [0.2, 0.25) is 15.9 Å². The Morgan fingerprint density at radius 1 is 1.00 bits per heavy atom. The molecule has 0 aliphatic carbocycles. The van der Waals surface area contributed by atoms with Gasteiger partial charge in [0.25, 0.3) is 5.91 Å². The molecule has 2 amide bonds. The molecule has 2 heterocycles. The van der Waals surface area contributed by atoms with Crippen LogP contribution in [-0.4, -0.2) is 50.5 Å². The Hall–Kier alpha value is -2.71. The molecule has 1 unspecified atom stereocenters. The van der Waals surface area contributed by atoms with E-state index in [4.69, 9.17) is 0 Å². The lowest BCUT2D eigenvalue weighted by molar-refractivity contribution is -0.116. The van der Waals surface area contributed by atoms with E-state index in [0.717, 1.165) is 30.2 Å². The van der Waals surface area contributed by atoms with Crippen LogP contribution in [0.1, 0.15) is 53.2 Å². The smallest absolute Gasteiger partial charge is 0.251 e. The van der Waals surface area contributed by atoms with Crippen LogP contribution in [0.2, 0.25) is 0 Å². The van der Waals surface area contributed by atoms with Gasteiger partial charge in [0.15, 0.2) is 0 Å². The molecule has 8 heteroatoms. The summed E-state index contributed by atoms with van der Waals surface area (Å²) in [6, 6.07) is 14.7. The first kappa shape index (κ1) is 22.5. The first-order valence-electron chi connectivity index (χ1n) is 11.1. The minimum atomic E-state index is -3.61. The monoisotopic (exact) mass is 455 g/mol. The summed E-state index contributed by atoms with van der Waals surface area (Å²) in [4.78, 5) is 27.2. The zero-order chi connectivity index (χ0) is 22.7. The van der Waals surface area contributed by atoms with Crippen molar-refractivity contribution in [3.05, 3.63) is 65.2 Å². The highest BCUT2D eigenvalue weighted by molar-refractivity contribution is 7.94. The number of piperidine rings is 1. The highest BCUT2D eigenvalue weighted by Crippen LogP contribution is 2.26. The Labute approximate surface area is 189 Å². The van der Waals surface area contributed by atoms with Gasteiger partial charge in [-0.05, 0) is 62.7 Å². The van der Waals surface area contributed by atoms with Crippen LogP contribution in [0.15, 0.2) is 48.5 Å². The summed E-state index contributed by atoms with van der Waals surface area (Å²) in [5.74, 6) is -0.837. The lowest BCUT2D eigenvalue weighted by Crippen LogP contribution is -2.40. The molecule has 1 N–H and O–H groups in total. The number of amides is 2. The molecule has 2 saturated heterocycles. The summed E-state index contributed by atoms with van der Waals surface area (Å²) in [6.45, 7) is 4.58. The van der Waals surface area contributed by atoms with Crippen LogP contribution in [-0.2, 0) is 14.8 Å². The molecule has 32 heavy (non-hydrogen) atoms. The van der Waals surface area contributed by atoms with Gasteiger partial charge in [0.1, 0.15) is 0 Å². The van der Waals surface area contributed by atoms with Gasteiger partial charge in [-0.15, -0.1) is 0 Å². The normalized spacial score (nSPS) is 19.7. The summed E-state index contributed by atoms with van der Waals surface area (Å²) >= 11 is 0. The molecule has 170 valence electrons. The van der Waals surface area contributed by atoms with Crippen LogP contribution >= 0.6 is 0 Å². The van der Waals surface area contributed by atoms with Gasteiger partial charge in [-0.1, -0.05) is 36.2 Å². The Morgan fingerprint density at radius 3 is 2.25 bits per heavy atom. The number of hydrogen-bond acceptors (Lipinski definition) is 5. The van der Waals surface area contributed by atoms with Gasteiger partial charge >= 0.3 is 0 Å². The molecule has 0 aromatic heterocycles. The largest absolute Gasteiger partial charge is 0.350 e. The minimum Gasteiger partial charge on any atom is -0.350 e. The zero-order valence-electron chi connectivity index (χ0n) is 18.3. The van der Waals surface area contributed by atoms with E-state index in [9.17, 15) is 18.0 Å². The molecule has 2 aliphatic rings. The molecular formula is C24H29N3O4S. The fourth-order valence-electron chi connectivity index (χ4n) is 4.38. The second-order valence-electron chi connectivity index (χ2n) is 8.50. The first-order valence-corrected chi connectivity index (χ1v) is 12.7. The van der Waals surface area contributed by atoms with Crippen LogP contribution in [0.4, 0.5) is 5.69 Å². The number of rotatable bonds is 6. The fourth-order valence-corrected chi connectivity index (χ4v) is 5.84. The van der Waals surface area contributed by atoms with Crippen LogP contribution in [0, 0.1) is 6.92 Å². The number of hydrogen-bond donors (Lipinski definition) is 1. The number of anilines is 1. The topological polar surface area (TPSA) is 86.8 Å². The number of carbonyl (C=O) groups excluding carboxylic acids is 2. The molecular weight excluding hydrogens is 426 g/mol. The van der Waals surface area contributed by atoms with Crippen molar-refractivity contribution in [3.8, 4) is 0 Å². The summed E-state index contributed by atoms with van der Waals surface area (Å²) in [6.07, 6.45) is 3.55. The number of benzene rings is 2. The van der Waals surface area contributed by atoms with Crippen molar-refractivity contribution in [1.82, 2.24) is 10.2 Å².